The average Bonchev–Trinajstić information content (AvgIpc) is 3.17. The van der Waals surface area contributed by atoms with Gasteiger partial charge in [0.05, 0.1) is 11.1 Å². The minimum Gasteiger partial charge on any atom is -0.506 e. The maximum Gasteiger partial charge on any atom is 0.341 e. The van der Waals surface area contributed by atoms with Crippen molar-refractivity contribution in [3.63, 3.8) is 0 Å². The third-order valence-corrected chi connectivity index (χ3v) is 3.02. The molecule has 0 amide bonds. The van der Waals surface area contributed by atoms with Gasteiger partial charge in [-0.1, -0.05) is 11.6 Å². The number of carboxylic acids is 1. The van der Waals surface area contributed by atoms with Gasteiger partial charge in [0.15, 0.2) is 11.6 Å². The third-order valence-electron chi connectivity index (χ3n) is 2.71. The summed E-state index contributed by atoms with van der Waals surface area (Å²) in [5.74, 6) is -4.62. The minimum absolute atomic E-state index is 0.0533. The fourth-order valence-electron chi connectivity index (χ4n) is 1.47. The van der Waals surface area contributed by atoms with Crippen LogP contribution in [0.3, 0.4) is 0 Å². The van der Waals surface area contributed by atoms with E-state index in [4.69, 9.17) is 16.7 Å². The Balaban J connectivity index is 2.48. The van der Waals surface area contributed by atoms with E-state index in [9.17, 15) is 18.7 Å². The molecule has 0 unspecified atom stereocenters. The molecule has 0 aromatic heterocycles. The van der Waals surface area contributed by atoms with E-state index < -0.39 is 28.9 Å². The molecule has 7 heteroatoms. The largest absolute Gasteiger partial charge is 0.506 e. The van der Waals surface area contributed by atoms with Crippen molar-refractivity contribution in [1.82, 2.24) is 0 Å². The molecule has 0 atom stereocenters. The van der Waals surface area contributed by atoms with E-state index in [-0.39, 0.29) is 16.6 Å². The first kappa shape index (κ1) is 14.5. The van der Waals surface area contributed by atoms with Gasteiger partial charge in [-0.3, -0.25) is 4.99 Å². The Labute approximate surface area is 118 Å². The number of carboxylic acid groups (broad SMARTS) is 1. The van der Waals surface area contributed by atoms with Crippen molar-refractivity contribution in [2.24, 2.45) is 4.99 Å². The summed E-state index contributed by atoms with van der Waals surface area (Å²) in [6.07, 6.45) is 2.72. The summed E-state index contributed by atoms with van der Waals surface area (Å²) >= 11 is 5.68. The molecule has 0 heterocycles. The van der Waals surface area contributed by atoms with Gasteiger partial charge in [-0.2, -0.15) is 0 Å². The molecule has 1 aromatic rings. The average molecular weight is 302 g/mol. The topological polar surface area (TPSA) is 69.9 Å². The smallest absolute Gasteiger partial charge is 0.341 e. The van der Waals surface area contributed by atoms with Gasteiger partial charge < -0.3 is 10.2 Å². The van der Waals surface area contributed by atoms with Crippen LogP contribution in [0, 0.1) is 11.6 Å². The van der Waals surface area contributed by atoms with Crippen LogP contribution in [-0.4, -0.2) is 28.4 Å². The number of aliphatic imine (C=N–C) groups is 1. The van der Waals surface area contributed by atoms with E-state index in [1.54, 1.807) is 0 Å². The molecule has 20 heavy (non-hydrogen) atoms. The highest BCUT2D eigenvalue weighted by Gasteiger charge is 2.22. The molecule has 2 N–H and O–H groups in total. The normalized spacial score (nSPS) is 16.4. The number of nitrogens with zero attached hydrogens (tertiary/aromatic N) is 1. The first-order valence-electron chi connectivity index (χ1n) is 5.74. The van der Waals surface area contributed by atoms with E-state index in [2.05, 4.69) is 4.99 Å². The number of carbonyl (C=O) groups is 1. The summed E-state index contributed by atoms with van der Waals surface area (Å²) in [5, 5.41) is 18.7. The van der Waals surface area contributed by atoms with Crippen LogP contribution in [0.1, 0.15) is 18.4 Å². The van der Waals surface area contributed by atoms with Gasteiger partial charge >= 0.3 is 5.97 Å². The monoisotopic (exact) mass is 301 g/mol. The summed E-state index contributed by atoms with van der Waals surface area (Å²) in [5.41, 5.74) is -0.824. The Morgan fingerprint density at radius 3 is 2.45 bits per heavy atom. The summed E-state index contributed by atoms with van der Waals surface area (Å²) in [6.45, 7) is 0. The predicted octanol–water partition coefficient (Wildman–Crippen LogP) is 3.21. The summed E-state index contributed by atoms with van der Waals surface area (Å²) in [7, 11) is 0. The Hall–Kier alpha value is -1.95. The van der Waals surface area contributed by atoms with Crippen molar-refractivity contribution in [2.45, 2.75) is 18.9 Å². The lowest BCUT2D eigenvalue weighted by molar-refractivity contribution is -0.132. The highest BCUT2D eigenvalue weighted by atomic mass is 35.5. The van der Waals surface area contributed by atoms with Crippen LogP contribution in [-0.2, 0) is 4.79 Å². The van der Waals surface area contributed by atoms with E-state index in [0.717, 1.165) is 19.1 Å². The molecule has 1 aliphatic rings. The lowest BCUT2D eigenvalue weighted by Gasteiger charge is -2.06. The van der Waals surface area contributed by atoms with Crippen molar-refractivity contribution < 1.29 is 23.8 Å². The molecule has 0 aliphatic heterocycles. The van der Waals surface area contributed by atoms with Crippen LogP contribution in [0.4, 0.5) is 8.78 Å². The molecular weight excluding hydrogens is 292 g/mol. The number of rotatable bonds is 4. The molecule has 1 saturated carbocycles. The van der Waals surface area contributed by atoms with Crippen molar-refractivity contribution in [1.29, 1.82) is 0 Å². The van der Waals surface area contributed by atoms with Crippen LogP contribution >= 0.6 is 11.6 Å². The standard InChI is InChI=1S/C13H10ClF2NO3/c14-9-4-11(16)10(15)3-7(9)12(18)8(13(19)20)5-17-6-1-2-6/h3-6,18H,1-2H2,(H,19,20). The molecule has 2 rings (SSSR count). The number of halogens is 3. The van der Waals surface area contributed by atoms with E-state index in [1.165, 1.54) is 0 Å². The second-order valence-corrected chi connectivity index (χ2v) is 4.73. The molecule has 0 radical (unpaired) electrons. The van der Waals surface area contributed by atoms with Gasteiger partial charge in [0, 0.05) is 11.8 Å². The number of hydrogen-bond donors (Lipinski definition) is 2. The number of aliphatic carboxylic acids is 1. The third kappa shape index (κ3) is 3.14. The van der Waals surface area contributed by atoms with Crippen LogP contribution in [0.2, 0.25) is 5.02 Å². The van der Waals surface area contributed by atoms with Crippen molar-refractivity contribution in [3.8, 4) is 0 Å². The van der Waals surface area contributed by atoms with Crippen molar-refractivity contribution >= 4 is 29.5 Å². The Morgan fingerprint density at radius 1 is 1.30 bits per heavy atom. The SMILES string of the molecule is O=C(O)C(C=NC1CC1)=C(O)c1cc(F)c(F)cc1Cl. The molecule has 1 aliphatic carbocycles. The molecule has 1 fully saturated rings. The first-order valence-corrected chi connectivity index (χ1v) is 6.12. The number of hydrogen-bond acceptors (Lipinski definition) is 3. The van der Waals surface area contributed by atoms with E-state index in [0.29, 0.717) is 12.1 Å². The molecule has 1 aromatic carbocycles. The van der Waals surface area contributed by atoms with Crippen molar-refractivity contribution in [2.75, 3.05) is 0 Å². The molecule has 106 valence electrons. The fourth-order valence-corrected chi connectivity index (χ4v) is 1.71. The lowest BCUT2D eigenvalue weighted by Crippen LogP contribution is -2.07. The van der Waals surface area contributed by atoms with E-state index in [1.807, 2.05) is 0 Å². The van der Waals surface area contributed by atoms with Crippen LogP contribution < -0.4 is 0 Å². The predicted molar refractivity (Wildman–Crippen MR) is 70.1 cm³/mol. The highest BCUT2D eigenvalue weighted by Crippen LogP contribution is 2.28. The van der Waals surface area contributed by atoms with Crippen LogP contribution in [0.25, 0.3) is 5.76 Å². The molecular formula is C13H10ClF2NO3. The molecule has 4 nitrogen and oxygen atoms in total. The maximum atomic E-state index is 13.2. The van der Waals surface area contributed by atoms with Gasteiger partial charge in [0.1, 0.15) is 11.3 Å². The Bertz CT molecular complexity index is 624. The second kappa shape index (κ2) is 5.58. The van der Waals surface area contributed by atoms with E-state index >= 15 is 0 Å². The summed E-state index contributed by atoms with van der Waals surface area (Å²) in [6, 6.07) is 1.36. The van der Waals surface area contributed by atoms with Gasteiger partial charge in [0.25, 0.3) is 0 Å². The quantitative estimate of drug-likeness (QED) is 0.388. The summed E-state index contributed by atoms with van der Waals surface area (Å²) in [4.78, 5) is 15.0. The van der Waals surface area contributed by atoms with Gasteiger partial charge in [0.2, 0.25) is 0 Å². The highest BCUT2D eigenvalue weighted by molar-refractivity contribution is 6.32. The number of aliphatic hydroxyl groups excluding tert-OH is 1. The van der Waals surface area contributed by atoms with Crippen LogP contribution in [0.5, 0.6) is 0 Å². The fraction of sp³-hybridized carbons (Fsp3) is 0.231. The molecule has 0 saturated heterocycles. The zero-order valence-corrected chi connectivity index (χ0v) is 10.9. The Morgan fingerprint density at radius 2 is 1.90 bits per heavy atom. The van der Waals surface area contributed by atoms with Gasteiger partial charge in [-0.15, -0.1) is 0 Å². The van der Waals surface area contributed by atoms with Gasteiger partial charge in [-0.05, 0) is 25.0 Å². The number of aliphatic hydroxyl groups is 1. The zero-order chi connectivity index (χ0) is 14.9. The first-order chi connectivity index (χ1) is 9.40. The zero-order valence-electron chi connectivity index (χ0n) is 10.1. The van der Waals surface area contributed by atoms with Gasteiger partial charge in [-0.25, -0.2) is 13.6 Å². The minimum atomic E-state index is -1.44. The van der Waals surface area contributed by atoms with Crippen molar-refractivity contribution in [3.05, 3.63) is 39.9 Å². The Kier molecular flexibility index (Phi) is 4.04. The second-order valence-electron chi connectivity index (χ2n) is 4.32. The molecule has 0 bridgehead atoms. The summed E-state index contributed by atoms with van der Waals surface area (Å²) < 4.78 is 26.1. The number of benzene rings is 1. The lowest BCUT2D eigenvalue weighted by atomic mass is 10.1. The van der Waals surface area contributed by atoms with Crippen LogP contribution in [0.15, 0.2) is 22.7 Å². The maximum absolute atomic E-state index is 13.2. The molecule has 0 spiro atoms.